The average Bonchev–Trinajstić information content (AvgIpc) is 1.97. The minimum atomic E-state index is -0.335. The molecule has 0 N–H and O–H groups in total. The van der Waals surface area contributed by atoms with Gasteiger partial charge in [0.1, 0.15) is 5.83 Å². The molecule has 0 bridgehead atoms. The Morgan fingerprint density at radius 1 is 1.55 bits per heavy atom. The maximum absolute atomic E-state index is 12.6. The maximum atomic E-state index is 12.6. The number of hydrogen-bond donors (Lipinski definition) is 0. The number of allylic oxidation sites excluding steroid dienone is 4. The van der Waals surface area contributed by atoms with E-state index in [0.717, 1.165) is 19.3 Å². The minimum absolute atomic E-state index is 0.335. The van der Waals surface area contributed by atoms with Crippen LogP contribution in [0.4, 0.5) is 4.39 Å². The molecule has 0 saturated carbocycles. The lowest BCUT2D eigenvalue weighted by molar-refractivity contribution is 0.633. The van der Waals surface area contributed by atoms with Crippen LogP contribution in [0, 0.1) is 0 Å². The second-order valence-corrected chi connectivity index (χ2v) is 2.44. The summed E-state index contributed by atoms with van der Waals surface area (Å²) < 4.78 is 12.6. The van der Waals surface area contributed by atoms with Gasteiger partial charge in [-0.1, -0.05) is 38.7 Å². The van der Waals surface area contributed by atoms with Crippen LogP contribution in [-0.2, 0) is 0 Å². The maximum Gasteiger partial charge on any atom is 0.119 e. The fourth-order valence-corrected chi connectivity index (χ4v) is 0.819. The first kappa shape index (κ1) is 10.2. The van der Waals surface area contributed by atoms with E-state index in [4.69, 9.17) is 0 Å². The predicted molar refractivity (Wildman–Crippen MR) is 48.1 cm³/mol. The summed E-state index contributed by atoms with van der Waals surface area (Å²) in [7, 11) is 0. The topological polar surface area (TPSA) is 0 Å². The highest BCUT2D eigenvalue weighted by Gasteiger charge is 1.98. The molecule has 0 radical (unpaired) electrons. The van der Waals surface area contributed by atoms with Crippen molar-refractivity contribution >= 4 is 0 Å². The zero-order valence-electron chi connectivity index (χ0n) is 7.07. The van der Waals surface area contributed by atoms with Gasteiger partial charge in [-0.2, -0.15) is 0 Å². The Balaban J connectivity index is 4.00. The molecule has 0 amide bonds. The van der Waals surface area contributed by atoms with Crippen LogP contribution in [0.2, 0.25) is 0 Å². The van der Waals surface area contributed by atoms with Gasteiger partial charge in [-0.05, 0) is 18.4 Å². The van der Waals surface area contributed by atoms with Gasteiger partial charge in [-0.15, -0.1) is 0 Å². The van der Waals surface area contributed by atoms with Crippen LogP contribution in [0.1, 0.15) is 26.2 Å². The predicted octanol–water partition coefficient (Wildman–Crippen LogP) is 3.77. The van der Waals surface area contributed by atoms with Crippen molar-refractivity contribution in [3.05, 3.63) is 36.7 Å². The molecule has 0 heterocycles. The second kappa shape index (κ2) is 5.90. The highest BCUT2D eigenvalue weighted by atomic mass is 19.1. The summed E-state index contributed by atoms with van der Waals surface area (Å²) in [5, 5.41) is 0. The third-order valence-corrected chi connectivity index (χ3v) is 1.47. The quantitative estimate of drug-likeness (QED) is 0.529. The van der Waals surface area contributed by atoms with Gasteiger partial charge in [-0.25, -0.2) is 4.39 Å². The van der Waals surface area contributed by atoms with Crippen LogP contribution in [0.25, 0.3) is 0 Å². The molecule has 0 aliphatic rings. The Morgan fingerprint density at radius 2 is 2.18 bits per heavy atom. The zero-order chi connectivity index (χ0) is 8.69. The summed E-state index contributed by atoms with van der Waals surface area (Å²) >= 11 is 0. The molecule has 0 unspecified atom stereocenters. The van der Waals surface area contributed by atoms with Crippen LogP contribution in [0.3, 0.4) is 0 Å². The summed E-state index contributed by atoms with van der Waals surface area (Å²) in [5.74, 6) is -0.335. The third kappa shape index (κ3) is 4.54. The standard InChI is InChI=1S/C10H15F/c1-4-6-8-10(7-5-2)9(3)11/h5,7H,2-4,6,8H2,1H3/b10-7-. The molecule has 1 heteroatoms. The Morgan fingerprint density at radius 3 is 2.55 bits per heavy atom. The largest absolute Gasteiger partial charge is 0.207 e. The smallest absolute Gasteiger partial charge is 0.119 e. The van der Waals surface area contributed by atoms with Crippen LogP contribution in [-0.4, -0.2) is 0 Å². The summed E-state index contributed by atoms with van der Waals surface area (Å²) in [5.41, 5.74) is 0.668. The first-order valence-corrected chi connectivity index (χ1v) is 3.88. The first-order valence-electron chi connectivity index (χ1n) is 3.88. The molecule has 0 aliphatic carbocycles. The molecule has 0 aromatic heterocycles. The van der Waals surface area contributed by atoms with Crippen molar-refractivity contribution in [1.29, 1.82) is 0 Å². The monoisotopic (exact) mass is 154 g/mol. The van der Waals surface area contributed by atoms with E-state index >= 15 is 0 Å². The Kier molecular flexibility index (Phi) is 5.44. The molecule has 0 fully saturated rings. The molecule has 0 spiro atoms. The summed E-state index contributed by atoms with van der Waals surface area (Å²) in [4.78, 5) is 0. The molecular weight excluding hydrogens is 139 g/mol. The van der Waals surface area contributed by atoms with Crippen molar-refractivity contribution in [2.45, 2.75) is 26.2 Å². The van der Waals surface area contributed by atoms with E-state index in [9.17, 15) is 4.39 Å². The van der Waals surface area contributed by atoms with Crippen LogP contribution >= 0.6 is 0 Å². The lowest BCUT2D eigenvalue weighted by Crippen LogP contribution is -1.82. The normalized spacial score (nSPS) is 11.3. The number of hydrogen-bond acceptors (Lipinski definition) is 0. The van der Waals surface area contributed by atoms with Gasteiger partial charge in [-0.3, -0.25) is 0 Å². The van der Waals surface area contributed by atoms with E-state index in [2.05, 4.69) is 20.1 Å². The van der Waals surface area contributed by atoms with Crippen LogP contribution in [0.5, 0.6) is 0 Å². The van der Waals surface area contributed by atoms with Gasteiger partial charge in [0, 0.05) is 0 Å². The van der Waals surface area contributed by atoms with Gasteiger partial charge >= 0.3 is 0 Å². The number of rotatable bonds is 5. The number of halogens is 1. The van der Waals surface area contributed by atoms with E-state index in [-0.39, 0.29) is 5.83 Å². The number of unbranched alkanes of at least 4 members (excludes halogenated alkanes) is 1. The molecular formula is C10H15F. The zero-order valence-corrected chi connectivity index (χ0v) is 7.07. The average molecular weight is 154 g/mol. The molecule has 0 nitrogen and oxygen atoms in total. The van der Waals surface area contributed by atoms with Gasteiger partial charge in [0.05, 0.1) is 0 Å². The van der Waals surface area contributed by atoms with Crippen LogP contribution < -0.4 is 0 Å². The fraction of sp³-hybridized carbons (Fsp3) is 0.400. The summed E-state index contributed by atoms with van der Waals surface area (Å²) in [6.45, 7) is 8.83. The molecule has 0 atom stereocenters. The highest BCUT2D eigenvalue weighted by Crippen LogP contribution is 2.16. The fourth-order valence-electron chi connectivity index (χ4n) is 0.819. The second-order valence-electron chi connectivity index (χ2n) is 2.44. The Labute approximate surface area is 68.1 Å². The SMILES string of the molecule is C=C/C=C(/CCCC)C(=C)F. The molecule has 0 saturated heterocycles. The Hall–Kier alpha value is -0.850. The van der Waals surface area contributed by atoms with Crippen molar-refractivity contribution in [1.82, 2.24) is 0 Å². The van der Waals surface area contributed by atoms with Gasteiger partial charge in [0.25, 0.3) is 0 Å². The third-order valence-electron chi connectivity index (χ3n) is 1.47. The molecule has 0 rings (SSSR count). The summed E-state index contributed by atoms with van der Waals surface area (Å²) in [6, 6.07) is 0. The van der Waals surface area contributed by atoms with Gasteiger partial charge in [0.2, 0.25) is 0 Å². The molecule has 0 aromatic rings. The lowest BCUT2D eigenvalue weighted by atomic mass is 10.1. The van der Waals surface area contributed by atoms with E-state index < -0.39 is 0 Å². The highest BCUT2D eigenvalue weighted by molar-refractivity contribution is 5.25. The molecule has 0 aliphatic heterocycles. The van der Waals surface area contributed by atoms with E-state index in [0.29, 0.717) is 5.57 Å². The van der Waals surface area contributed by atoms with Crippen molar-refractivity contribution in [3.8, 4) is 0 Å². The van der Waals surface area contributed by atoms with Crippen molar-refractivity contribution in [2.75, 3.05) is 0 Å². The Bertz CT molecular complexity index is 166. The molecule has 11 heavy (non-hydrogen) atoms. The van der Waals surface area contributed by atoms with Gasteiger partial charge < -0.3 is 0 Å². The van der Waals surface area contributed by atoms with E-state index in [1.165, 1.54) is 0 Å². The van der Waals surface area contributed by atoms with Crippen molar-refractivity contribution in [3.63, 3.8) is 0 Å². The molecule has 0 aromatic carbocycles. The minimum Gasteiger partial charge on any atom is -0.207 e. The first-order chi connectivity index (χ1) is 5.22. The molecule has 62 valence electrons. The van der Waals surface area contributed by atoms with Gasteiger partial charge in [0.15, 0.2) is 0 Å². The van der Waals surface area contributed by atoms with Crippen molar-refractivity contribution < 1.29 is 4.39 Å². The summed E-state index contributed by atoms with van der Waals surface area (Å²) in [6.07, 6.45) is 6.11. The van der Waals surface area contributed by atoms with Crippen molar-refractivity contribution in [2.24, 2.45) is 0 Å². The van der Waals surface area contributed by atoms with E-state index in [1.807, 2.05) is 0 Å². The van der Waals surface area contributed by atoms with E-state index in [1.54, 1.807) is 12.2 Å². The van der Waals surface area contributed by atoms with Crippen LogP contribution in [0.15, 0.2) is 36.7 Å². The lowest BCUT2D eigenvalue weighted by Gasteiger charge is -2.00.